The molecule has 0 fully saturated rings. The molecule has 2 heteroatoms. The average Bonchev–Trinajstić information content (AvgIpc) is 1.93. The molecule has 0 heterocycles. The molecule has 0 N–H and O–H groups in total. The van der Waals surface area contributed by atoms with Crippen LogP contribution in [0, 0.1) is 0 Å². The van der Waals surface area contributed by atoms with Gasteiger partial charge in [0.15, 0.2) is 0 Å². The second-order valence-electron chi connectivity index (χ2n) is 1.03. The van der Waals surface area contributed by atoms with E-state index in [1.165, 1.54) is 0 Å². The van der Waals surface area contributed by atoms with Crippen molar-refractivity contribution in [1.82, 2.24) is 0 Å². The molecule has 0 amide bonds. The molecule has 0 aromatic rings. The van der Waals surface area contributed by atoms with Gasteiger partial charge in [-0.3, -0.25) is 0 Å². The Kier molecular flexibility index (Phi) is 21.5. The maximum atomic E-state index is 3.55. The van der Waals surface area contributed by atoms with Gasteiger partial charge in [-0.1, -0.05) is 0 Å². The van der Waals surface area contributed by atoms with Crippen LogP contribution in [-0.2, 0) is 0 Å². The van der Waals surface area contributed by atoms with Gasteiger partial charge in [0, 0.05) is 0 Å². The summed E-state index contributed by atoms with van der Waals surface area (Å²) in [6, 6.07) is 0. The molecule has 0 bridgehead atoms. The van der Waals surface area contributed by atoms with Crippen LogP contribution < -0.4 is 0 Å². The first-order chi connectivity index (χ1) is 4.83. The fourth-order valence-corrected chi connectivity index (χ4v) is 1.00. The Morgan fingerprint density at radius 3 is 0.800 bits per heavy atom. The van der Waals surface area contributed by atoms with Crippen molar-refractivity contribution in [3.63, 3.8) is 0 Å². The van der Waals surface area contributed by atoms with E-state index in [4.69, 9.17) is 0 Å². The first kappa shape index (κ1) is 13.2. The molecule has 0 aliphatic heterocycles. The number of hydrogen-bond donors (Lipinski definition) is 0. The second-order valence-corrected chi connectivity index (χ2v) is 6.90. The first-order valence-corrected chi connectivity index (χ1v) is 8.56. The molecular weight excluding hydrogens is 340 g/mol. The van der Waals surface area contributed by atoms with Gasteiger partial charge in [0.05, 0.1) is 0 Å². The van der Waals surface area contributed by atoms with Crippen LogP contribution in [0.1, 0.15) is 0 Å². The molecule has 10 heavy (non-hydrogen) atoms. The molecule has 0 nitrogen and oxygen atoms in total. The Morgan fingerprint density at radius 2 is 0.800 bits per heavy atom. The van der Waals surface area contributed by atoms with Gasteiger partial charge in [0.2, 0.25) is 0 Å². The molecular formula is C8H12Sb2. The van der Waals surface area contributed by atoms with Crippen molar-refractivity contribution in [2.45, 2.75) is 0 Å². The molecule has 0 spiro atoms. The van der Waals surface area contributed by atoms with Crippen LogP contribution in [0.15, 0.2) is 42.4 Å². The minimum atomic E-state index is -0.117. The van der Waals surface area contributed by atoms with E-state index in [1.807, 2.05) is 16.1 Å². The molecule has 0 aliphatic carbocycles. The van der Waals surface area contributed by atoms with Gasteiger partial charge >= 0.3 is 85.6 Å². The van der Waals surface area contributed by atoms with E-state index in [-0.39, 0.29) is 43.2 Å². The third kappa shape index (κ3) is 23.5. The van der Waals surface area contributed by atoms with E-state index < -0.39 is 0 Å². The summed E-state index contributed by atoms with van der Waals surface area (Å²) in [6.45, 7) is 14.2. The standard InChI is InChI=1S/4C2H3.2Sb/c4*1-2;;/h4*1H,2H2;;. The summed E-state index contributed by atoms with van der Waals surface area (Å²) < 4.78 is 7.85. The summed E-state index contributed by atoms with van der Waals surface area (Å²) in [7, 11) is 0. The van der Waals surface area contributed by atoms with E-state index in [1.54, 1.807) is 0 Å². The van der Waals surface area contributed by atoms with Gasteiger partial charge in [0.1, 0.15) is 0 Å². The zero-order valence-corrected chi connectivity index (χ0v) is 11.1. The first-order valence-electron chi connectivity index (χ1n) is 2.67. The predicted octanol–water partition coefficient (Wildman–Crippen LogP) is 1.96. The summed E-state index contributed by atoms with van der Waals surface area (Å²) in [6.07, 6.45) is 0. The van der Waals surface area contributed by atoms with Crippen molar-refractivity contribution in [3.05, 3.63) is 42.4 Å². The van der Waals surface area contributed by atoms with Gasteiger partial charge in [0.25, 0.3) is 0 Å². The van der Waals surface area contributed by atoms with Crippen LogP contribution in [0.3, 0.4) is 0 Å². The molecule has 0 aromatic heterocycles. The molecule has 0 atom stereocenters. The van der Waals surface area contributed by atoms with Gasteiger partial charge in [-0.25, -0.2) is 0 Å². The van der Waals surface area contributed by atoms with Crippen molar-refractivity contribution in [2.75, 3.05) is 0 Å². The van der Waals surface area contributed by atoms with Gasteiger partial charge in [-0.2, -0.15) is 0 Å². The summed E-state index contributed by atoms with van der Waals surface area (Å²) in [5, 5.41) is 0. The third-order valence-corrected chi connectivity index (χ3v) is 2.83. The molecule has 0 aliphatic rings. The van der Waals surface area contributed by atoms with E-state index in [0.29, 0.717) is 0 Å². The van der Waals surface area contributed by atoms with Crippen LogP contribution in [-0.4, -0.2) is 43.2 Å². The number of hydrogen-bond acceptors (Lipinski definition) is 0. The van der Waals surface area contributed by atoms with E-state index in [0.717, 1.165) is 0 Å². The molecule has 0 unspecified atom stereocenters. The van der Waals surface area contributed by atoms with Crippen molar-refractivity contribution < 1.29 is 0 Å². The summed E-state index contributed by atoms with van der Waals surface area (Å²) >= 11 is -0.233. The van der Waals surface area contributed by atoms with Crippen molar-refractivity contribution >= 4 is 43.2 Å². The van der Waals surface area contributed by atoms with Crippen LogP contribution >= 0.6 is 0 Å². The Labute approximate surface area is 84.8 Å². The maximum absolute atomic E-state index is 3.55. The fraction of sp³-hybridized carbons (Fsp3) is 0. The van der Waals surface area contributed by atoms with Gasteiger partial charge in [-0.15, -0.1) is 0 Å². The van der Waals surface area contributed by atoms with Gasteiger partial charge in [-0.05, 0) is 0 Å². The summed E-state index contributed by atoms with van der Waals surface area (Å²) in [5.41, 5.74) is 0. The topological polar surface area (TPSA) is 0 Å². The quantitative estimate of drug-likeness (QED) is 0.679. The van der Waals surface area contributed by atoms with E-state index in [9.17, 15) is 0 Å². The van der Waals surface area contributed by atoms with Crippen molar-refractivity contribution in [1.29, 1.82) is 0 Å². The summed E-state index contributed by atoms with van der Waals surface area (Å²) in [4.78, 5) is 0. The Morgan fingerprint density at radius 1 is 0.600 bits per heavy atom. The second kappa shape index (κ2) is 16.3. The predicted molar refractivity (Wildman–Crippen MR) is 52.3 cm³/mol. The van der Waals surface area contributed by atoms with Crippen LogP contribution in [0.4, 0.5) is 0 Å². The third-order valence-electron chi connectivity index (χ3n) is 0.422. The Hall–Kier alpha value is 0.596. The fourth-order valence-electron chi connectivity index (χ4n) is 0.149. The zero-order chi connectivity index (χ0) is 8.24. The van der Waals surface area contributed by atoms with Gasteiger partial charge < -0.3 is 0 Å². The zero-order valence-electron chi connectivity index (χ0n) is 6.03. The van der Waals surface area contributed by atoms with Crippen molar-refractivity contribution in [2.24, 2.45) is 0 Å². The normalized spacial score (nSPS) is 6.40. The van der Waals surface area contributed by atoms with Crippen LogP contribution in [0.2, 0.25) is 0 Å². The molecule has 0 rings (SSSR count). The van der Waals surface area contributed by atoms with Crippen LogP contribution in [0.25, 0.3) is 0 Å². The average molecular weight is 352 g/mol. The summed E-state index contributed by atoms with van der Waals surface area (Å²) in [5.74, 6) is 0. The minimum absolute atomic E-state index is 0.117. The van der Waals surface area contributed by atoms with E-state index in [2.05, 4.69) is 26.3 Å². The monoisotopic (exact) mass is 350 g/mol. The molecule has 54 valence electrons. The molecule has 0 saturated heterocycles. The number of rotatable bonds is 4. The Bertz CT molecular complexity index is 79.8. The molecule has 2 radical (unpaired) electrons. The molecule has 0 saturated carbocycles. The van der Waals surface area contributed by atoms with Crippen LogP contribution in [0.5, 0.6) is 0 Å². The van der Waals surface area contributed by atoms with E-state index >= 15 is 0 Å². The SMILES string of the molecule is C=[CH][Sb][CH]=C.C=[CH][Sb][CH]=C. The van der Waals surface area contributed by atoms with Crippen molar-refractivity contribution in [3.8, 4) is 0 Å². The Balaban J connectivity index is 0. The molecule has 0 aromatic carbocycles.